The number of amides is 2. The summed E-state index contributed by atoms with van der Waals surface area (Å²) in [5.74, 6) is -1.10. The van der Waals surface area contributed by atoms with Crippen LogP contribution in [0.25, 0.3) is 0 Å². The first kappa shape index (κ1) is 26.5. The number of hydrogen-bond acceptors (Lipinski definition) is 7. The average Bonchev–Trinajstić information content (AvgIpc) is 2.78. The minimum Gasteiger partial charge on any atom is -0.493 e. The molecule has 1 aromatic carbocycles. The number of guanidine groups is 1. The first-order valence-corrected chi connectivity index (χ1v) is 11.8. The summed E-state index contributed by atoms with van der Waals surface area (Å²) < 4.78 is 16.7. The highest BCUT2D eigenvalue weighted by Crippen LogP contribution is 2.43. The number of fused-ring (bicyclic) bond motifs is 1. The van der Waals surface area contributed by atoms with E-state index in [1.807, 2.05) is 13.8 Å². The quantitative estimate of drug-likeness (QED) is 0.623. The van der Waals surface area contributed by atoms with Crippen molar-refractivity contribution in [3.8, 4) is 5.75 Å². The number of nitrogens with one attached hydrogen (secondary N) is 1. The van der Waals surface area contributed by atoms with Crippen LogP contribution in [-0.4, -0.2) is 65.4 Å². The zero-order valence-corrected chi connectivity index (χ0v) is 21.2. The molecule has 2 amide bonds. The van der Waals surface area contributed by atoms with Gasteiger partial charge in [0.05, 0.1) is 36.8 Å². The highest BCUT2D eigenvalue weighted by atomic mass is 16.6. The van der Waals surface area contributed by atoms with E-state index in [1.54, 1.807) is 33.9 Å². The predicted octanol–water partition coefficient (Wildman–Crippen LogP) is 3.75. The van der Waals surface area contributed by atoms with E-state index >= 15 is 0 Å². The Bertz CT molecular complexity index is 1010. The van der Waals surface area contributed by atoms with Crippen LogP contribution in [0.3, 0.4) is 0 Å². The van der Waals surface area contributed by atoms with Gasteiger partial charge in [-0.15, -0.1) is 0 Å². The smallest absolute Gasteiger partial charge is 0.414 e. The van der Waals surface area contributed by atoms with Crippen LogP contribution >= 0.6 is 0 Å². The van der Waals surface area contributed by atoms with Gasteiger partial charge in [-0.25, -0.2) is 14.6 Å². The zero-order valence-electron chi connectivity index (χ0n) is 21.2. The Kier molecular flexibility index (Phi) is 7.74. The summed E-state index contributed by atoms with van der Waals surface area (Å²) in [5, 5.41) is 12.3. The summed E-state index contributed by atoms with van der Waals surface area (Å²) in [5.41, 5.74) is -0.826. The molecule has 0 aliphatic carbocycles. The Morgan fingerprint density at radius 3 is 2.54 bits per heavy atom. The van der Waals surface area contributed by atoms with Gasteiger partial charge in [-0.05, 0) is 51.8 Å². The highest BCUT2D eigenvalue weighted by molar-refractivity contribution is 6.05. The lowest BCUT2D eigenvalue weighted by molar-refractivity contribution is -0.133. The monoisotopic (exact) mass is 489 g/mol. The fraction of sp³-hybridized carbons (Fsp3) is 0.600. The van der Waals surface area contributed by atoms with Crippen LogP contribution < -0.4 is 10.1 Å². The van der Waals surface area contributed by atoms with E-state index in [2.05, 4.69) is 5.32 Å². The second-order valence-corrected chi connectivity index (χ2v) is 9.96. The van der Waals surface area contributed by atoms with Crippen molar-refractivity contribution in [2.45, 2.75) is 71.1 Å². The van der Waals surface area contributed by atoms with Gasteiger partial charge in [0.2, 0.25) is 11.9 Å². The van der Waals surface area contributed by atoms with Crippen LogP contribution in [0.2, 0.25) is 0 Å². The van der Waals surface area contributed by atoms with Crippen LogP contribution in [0.15, 0.2) is 23.2 Å². The Morgan fingerprint density at radius 2 is 1.97 bits per heavy atom. The summed E-state index contributed by atoms with van der Waals surface area (Å²) in [6.07, 6.45) is 0.645. The fourth-order valence-electron chi connectivity index (χ4n) is 4.52. The summed E-state index contributed by atoms with van der Waals surface area (Å²) in [4.78, 5) is 44.5. The van der Waals surface area contributed by atoms with E-state index in [0.717, 1.165) is 0 Å². The number of aliphatic imine (C=N–C) groups is 1. The second-order valence-electron chi connectivity index (χ2n) is 9.96. The molecule has 1 aromatic rings. The molecular formula is C25H35N3O7. The Hall–Kier alpha value is -3.14. The lowest BCUT2D eigenvalue weighted by Gasteiger charge is -2.45. The molecule has 0 radical (unpaired) electrons. The van der Waals surface area contributed by atoms with E-state index in [1.165, 1.54) is 17.0 Å². The molecule has 2 N–H and O–H groups in total. The molecule has 0 spiro atoms. The van der Waals surface area contributed by atoms with Crippen LogP contribution in [0.5, 0.6) is 5.75 Å². The molecule has 2 aliphatic heterocycles. The maximum Gasteiger partial charge on any atom is 0.414 e. The van der Waals surface area contributed by atoms with Crippen molar-refractivity contribution in [1.29, 1.82) is 0 Å². The number of benzene rings is 1. The summed E-state index contributed by atoms with van der Waals surface area (Å²) in [7, 11) is 1.55. The molecule has 2 aliphatic rings. The van der Waals surface area contributed by atoms with Gasteiger partial charge >= 0.3 is 12.1 Å². The number of carboxylic acid groups (broad SMARTS) is 1. The van der Waals surface area contributed by atoms with Gasteiger partial charge in [0.1, 0.15) is 11.4 Å². The Balaban J connectivity index is 2.15. The molecule has 0 aromatic heterocycles. The molecule has 10 nitrogen and oxygen atoms in total. The molecule has 0 saturated heterocycles. The first-order valence-electron chi connectivity index (χ1n) is 11.8. The van der Waals surface area contributed by atoms with Gasteiger partial charge < -0.3 is 19.3 Å². The Labute approximate surface area is 205 Å². The first-order chi connectivity index (χ1) is 16.4. The number of carboxylic acids is 1. The van der Waals surface area contributed by atoms with Crippen molar-refractivity contribution >= 4 is 23.9 Å². The molecular weight excluding hydrogens is 454 g/mol. The van der Waals surface area contributed by atoms with Gasteiger partial charge in [-0.3, -0.25) is 15.0 Å². The number of carbonyl (C=O) groups excluding carboxylic acids is 2. The van der Waals surface area contributed by atoms with Gasteiger partial charge in [-0.1, -0.05) is 13.8 Å². The van der Waals surface area contributed by atoms with Crippen LogP contribution in [0.4, 0.5) is 4.79 Å². The molecule has 3 rings (SSSR count). The number of alkyl carbamates (subject to hydrolysis) is 1. The molecule has 0 fully saturated rings. The fourth-order valence-corrected chi connectivity index (χ4v) is 4.52. The van der Waals surface area contributed by atoms with E-state index in [4.69, 9.17) is 19.2 Å². The van der Waals surface area contributed by atoms with Gasteiger partial charge in [0.15, 0.2) is 0 Å². The van der Waals surface area contributed by atoms with Crippen molar-refractivity contribution in [1.82, 2.24) is 10.2 Å². The van der Waals surface area contributed by atoms with E-state index in [9.17, 15) is 19.5 Å². The largest absolute Gasteiger partial charge is 0.493 e. The Morgan fingerprint density at radius 1 is 1.29 bits per heavy atom. The van der Waals surface area contributed by atoms with Crippen molar-refractivity contribution in [3.05, 3.63) is 29.3 Å². The van der Waals surface area contributed by atoms with E-state index < -0.39 is 29.2 Å². The third-order valence-electron chi connectivity index (χ3n) is 6.38. The third kappa shape index (κ3) is 5.75. The SMILES string of the molecule is CCC1(CC)CC(=O)N([C@H]2c3cc(C(=O)O)ccc3OC[C@H]2COC)C(NC(=O)OC(C)(C)C)=N1. The molecule has 35 heavy (non-hydrogen) atoms. The number of hydrogen-bond donors (Lipinski definition) is 2. The number of aromatic carboxylic acids is 1. The number of nitrogens with zero attached hydrogens (tertiary/aromatic N) is 2. The maximum absolute atomic E-state index is 13.7. The van der Waals surface area contributed by atoms with Gasteiger partial charge in [0.25, 0.3) is 0 Å². The molecule has 0 unspecified atom stereocenters. The normalized spacial score (nSPS) is 21.5. The lowest BCUT2D eigenvalue weighted by atomic mass is 9.84. The van der Waals surface area contributed by atoms with Gasteiger partial charge in [0, 0.05) is 18.6 Å². The van der Waals surface area contributed by atoms with Crippen LogP contribution in [-0.2, 0) is 14.3 Å². The number of carbonyl (C=O) groups is 3. The van der Waals surface area contributed by atoms with Crippen LogP contribution in [0, 0.1) is 5.92 Å². The summed E-state index contributed by atoms with van der Waals surface area (Å²) in [6, 6.07) is 3.89. The molecule has 0 saturated carbocycles. The number of methoxy groups -OCH3 is 1. The molecule has 2 atom stereocenters. The van der Waals surface area contributed by atoms with E-state index in [0.29, 0.717) is 24.2 Å². The topological polar surface area (TPSA) is 127 Å². The van der Waals surface area contributed by atoms with Crippen molar-refractivity contribution in [2.24, 2.45) is 10.9 Å². The van der Waals surface area contributed by atoms with Crippen LogP contribution in [0.1, 0.15) is 75.8 Å². The summed E-state index contributed by atoms with van der Waals surface area (Å²) in [6.45, 7) is 9.65. The lowest BCUT2D eigenvalue weighted by Crippen LogP contribution is -2.58. The minimum atomic E-state index is -1.10. The second kappa shape index (κ2) is 10.2. The van der Waals surface area contributed by atoms with Crippen molar-refractivity contribution < 1.29 is 33.7 Å². The maximum atomic E-state index is 13.7. The number of ether oxygens (including phenoxy) is 3. The average molecular weight is 490 g/mol. The van der Waals surface area contributed by atoms with Gasteiger partial charge in [-0.2, -0.15) is 0 Å². The number of rotatable bonds is 6. The third-order valence-corrected chi connectivity index (χ3v) is 6.38. The predicted molar refractivity (Wildman–Crippen MR) is 129 cm³/mol. The zero-order chi connectivity index (χ0) is 26.0. The highest BCUT2D eigenvalue weighted by Gasteiger charge is 2.46. The molecule has 10 heteroatoms. The van der Waals surface area contributed by atoms with Crippen molar-refractivity contribution in [2.75, 3.05) is 20.3 Å². The molecule has 192 valence electrons. The standard InChI is InChI=1S/C25H35N3O7/c1-7-25(8-2)12-19(29)28(22(27-25)26-23(32)35-24(3,4)5)20-16(13-33-6)14-34-18-10-9-15(21(30)31)11-17(18)20/h9-11,16,20H,7-8,12-14H2,1-6H3,(H,30,31)(H,26,27,32)/t16-,20-/m1/s1. The molecule has 2 heterocycles. The summed E-state index contributed by atoms with van der Waals surface area (Å²) >= 11 is 0. The minimum absolute atomic E-state index is 0.0647. The van der Waals surface area contributed by atoms with E-state index in [-0.39, 0.29) is 43.0 Å². The van der Waals surface area contributed by atoms with Crippen molar-refractivity contribution in [3.63, 3.8) is 0 Å². The molecule has 0 bridgehead atoms.